The van der Waals surface area contributed by atoms with Gasteiger partial charge in [-0.2, -0.15) is 0 Å². The van der Waals surface area contributed by atoms with Crippen molar-refractivity contribution in [2.75, 3.05) is 7.11 Å². The predicted molar refractivity (Wildman–Crippen MR) is 127 cm³/mol. The number of benzene rings is 2. The Kier molecular flexibility index (Phi) is 6.48. The zero-order valence-corrected chi connectivity index (χ0v) is 20.4. The molecule has 0 atom stereocenters. The Balaban J connectivity index is 1.88. The van der Waals surface area contributed by atoms with Gasteiger partial charge in [-0.1, -0.05) is 76.8 Å². The van der Waals surface area contributed by atoms with Crippen LogP contribution in [0.1, 0.15) is 58.2 Å². The predicted octanol–water partition coefficient (Wildman–Crippen LogP) is 6.81. The summed E-state index contributed by atoms with van der Waals surface area (Å²) in [6, 6.07) is 12.2. The molecule has 0 aliphatic carbocycles. The van der Waals surface area contributed by atoms with E-state index in [0.29, 0.717) is 5.75 Å². The van der Waals surface area contributed by atoms with E-state index in [0.717, 1.165) is 37.5 Å². The number of rotatable bonds is 5. The molecule has 0 bridgehead atoms. The maximum absolute atomic E-state index is 10.9. The molecule has 1 N–H and O–H groups in total. The van der Waals surface area contributed by atoms with E-state index in [9.17, 15) is 5.11 Å². The van der Waals surface area contributed by atoms with Gasteiger partial charge in [0, 0.05) is 22.4 Å². The quantitative estimate of drug-likeness (QED) is 0.440. The van der Waals surface area contributed by atoms with Crippen LogP contribution >= 0.6 is 23.1 Å². The van der Waals surface area contributed by atoms with Gasteiger partial charge in [0.25, 0.3) is 0 Å². The van der Waals surface area contributed by atoms with Gasteiger partial charge in [0.05, 0.1) is 7.11 Å². The molecular weight excluding hydrogens is 412 g/mol. The highest BCUT2D eigenvalue weighted by Crippen LogP contribution is 2.43. The van der Waals surface area contributed by atoms with E-state index < -0.39 is 0 Å². The van der Waals surface area contributed by atoms with Crippen molar-refractivity contribution in [2.45, 2.75) is 62.5 Å². The summed E-state index contributed by atoms with van der Waals surface area (Å²) in [5.41, 5.74) is 3.76. The van der Waals surface area contributed by atoms with Gasteiger partial charge in [-0.3, -0.25) is 0 Å². The van der Waals surface area contributed by atoms with Crippen LogP contribution in [0, 0.1) is 0 Å². The summed E-state index contributed by atoms with van der Waals surface area (Å²) in [5.74, 6) is 2.07. The zero-order chi connectivity index (χ0) is 22.1. The molecule has 160 valence electrons. The standard InChI is InChI=1S/C24H30N2O2S2/c1-23(2,3)18-12-16(13-19(20(18)27)24(4,5)6)21-25-26-22(30-21)29-14-15-8-10-17(28-7)11-9-15/h8-13,27H,14H2,1-7H3. The first-order valence-corrected chi connectivity index (χ1v) is 11.8. The lowest BCUT2D eigenvalue weighted by atomic mass is 9.78. The van der Waals surface area contributed by atoms with E-state index in [1.54, 1.807) is 30.2 Å². The molecule has 0 saturated heterocycles. The molecule has 3 aromatic rings. The monoisotopic (exact) mass is 442 g/mol. The van der Waals surface area contributed by atoms with Gasteiger partial charge in [0.1, 0.15) is 16.5 Å². The van der Waals surface area contributed by atoms with Gasteiger partial charge in [0.2, 0.25) is 0 Å². The van der Waals surface area contributed by atoms with E-state index in [-0.39, 0.29) is 10.8 Å². The molecule has 0 aliphatic rings. The Morgan fingerprint density at radius 2 is 1.50 bits per heavy atom. The summed E-state index contributed by atoms with van der Waals surface area (Å²) >= 11 is 3.27. The minimum Gasteiger partial charge on any atom is -0.507 e. The number of aromatic nitrogens is 2. The van der Waals surface area contributed by atoms with Crippen LogP contribution in [-0.2, 0) is 16.6 Å². The first kappa shape index (κ1) is 22.6. The number of hydrogen-bond acceptors (Lipinski definition) is 6. The highest BCUT2D eigenvalue weighted by atomic mass is 32.2. The van der Waals surface area contributed by atoms with Crippen LogP contribution in [0.25, 0.3) is 10.6 Å². The van der Waals surface area contributed by atoms with Crippen molar-refractivity contribution in [3.8, 4) is 22.1 Å². The van der Waals surface area contributed by atoms with Crippen LogP contribution in [0.3, 0.4) is 0 Å². The lowest BCUT2D eigenvalue weighted by Crippen LogP contribution is -2.17. The number of aromatic hydroxyl groups is 1. The average molecular weight is 443 g/mol. The molecule has 0 saturated carbocycles. The average Bonchev–Trinajstić information content (AvgIpc) is 3.14. The Labute approximate surface area is 187 Å². The second-order valence-electron chi connectivity index (χ2n) is 9.43. The fourth-order valence-corrected chi connectivity index (χ4v) is 4.95. The minimum atomic E-state index is -0.170. The minimum absolute atomic E-state index is 0.170. The highest BCUT2D eigenvalue weighted by molar-refractivity contribution is 8.00. The van der Waals surface area contributed by atoms with Crippen molar-refractivity contribution in [3.63, 3.8) is 0 Å². The number of nitrogens with zero attached hydrogens (tertiary/aromatic N) is 2. The van der Waals surface area contributed by atoms with Gasteiger partial charge in [-0.15, -0.1) is 10.2 Å². The van der Waals surface area contributed by atoms with E-state index in [1.165, 1.54) is 5.56 Å². The van der Waals surface area contributed by atoms with Gasteiger partial charge in [-0.05, 0) is 40.7 Å². The molecule has 3 rings (SSSR count). The molecule has 0 radical (unpaired) electrons. The van der Waals surface area contributed by atoms with Gasteiger partial charge < -0.3 is 9.84 Å². The highest BCUT2D eigenvalue weighted by Gasteiger charge is 2.27. The lowest BCUT2D eigenvalue weighted by Gasteiger charge is -2.27. The van der Waals surface area contributed by atoms with Crippen molar-refractivity contribution in [1.29, 1.82) is 0 Å². The third-order valence-electron chi connectivity index (χ3n) is 4.90. The van der Waals surface area contributed by atoms with Crippen LogP contribution in [0.15, 0.2) is 40.7 Å². The normalized spacial score (nSPS) is 12.2. The fourth-order valence-electron chi connectivity index (χ4n) is 3.15. The molecule has 1 aromatic heterocycles. The number of hydrogen-bond donors (Lipinski definition) is 1. The Morgan fingerprint density at radius 3 is 2.00 bits per heavy atom. The van der Waals surface area contributed by atoms with Gasteiger partial charge >= 0.3 is 0 Å². The SMILES string of the molecule is COc1ccc(CSc2nnc(-c3cc(C(C)(C)C)c(O)c(C(C)(C)C)c3)s2)cc1. The molecule has 1 heterocycles. The second-order valence-corrected chi connectivity index (χ2v) is 11.6. The summed E-state index contributed by atoms with van der Waals surface area (Å²) < 4.78 is 6.15. The summed E-state index contributed by atoms with van der Waals surface area (Å²) in [4.78, 5) is 0. The molecule has 4 nitrogen and oxygen atoms in total. The largest absolute Gasteiger partial charge is 0.507 e. The van der Waals surface area contributed by atoms with E-state index in [1.807, 2.05) is 12.1 Å². The van der Waals surface area contributed by atoms with Crippen LogP contribution in [0.5, 0.6) is 11.5 Å². The molecule has 0 aliphatic heterocycles. The maximum atomic E-state index is 10.9. The topological polar surface area (TPSA) is 55.2 Å². The third kappa shape index (κ3) is 5.16. The van der Waals surface area contributed by atoms with Crippen molar-refractivity contribution in [3.05, 3.63) is 53.1 Å². The Morgan fingerprint density at radius 1 is 0.933 bits per heavy atom. The molecule has 0 unspecified atom stereocenters. The number of phenolic OH excluding ortho intramolecular Hbond substituents is 1. The summed E-state index contributed by atoms with van der Waals surface area (Å²) in [6.07, 6.45) is 0. The van der Waals surface area contributed by atoms with Crippen molar-refractivity contribution in [1.82, 2.24) is 10.2 Å². The summed E-state index contributed by atoms with van der Waals surface area (Å²) in [5, 5.41) is 20.7. The smallest absolute Gasteiger partial charge is 0.174 e. The molecule has 30 heavy (non-hydrogen) atoms. The second kappa shape index (κ2) is 8.60. The summed E-state index contributed by atoms with van der Waals surface area (Å²) in [6.45, 7) is 12.7. The Hall–Kier alpha value is -2.05. The Bertz CT molecular complexity index is 978. The van der Waals surface area contributed by atoms with Gasteiger partial charge in [-0.25, -0.2) is 0 Å². The third-order valence-corrected chi connectivity index (χ3v) is 7.08. The maximum Gasteiger partial charge on any atom is 0.174 e. The van der Waals surface area contributed by atoms with Crippen molar-refractivity contribution >= 4 is 23.1 Å². The summed E-state index contributed by atoms with van der Waals surface area (Å²) in [7, 11) is 1.67. The molecule has 0 spiro atoms. The van der Waals surface area contributed by atoms with Crippen LogP contribution in [0.2, 0.25) is 0 Å². The van der Waals surface area contributed by atoms with E-state index in [4.69, 9.17) is 4.74 Å². The fraction of sp³-hybridized carbons (Fsp3) is 0.417. The molecule has 0 fully saturated rings. The van der Waals surface area contributed by atoms with Gasteiger partial charge in [0.15, 0.2) is 4.34 Å². The number of phenols is 1. The number of methoxy groups -OCH3 is 1. The van der Waals surface area contributed by atoms with Crippen molar-refractivity contribution < 1.29 is 9.84 Å². The van der Waals surface area contributed by atoms with Crippen molar-refractivity contribution in [2.24, 2.45) is 0 Å². The molecule has 2 aromatic carbocycles. The van der Waals surface area contributed by atoms with Crippen LogP contribution < -0.4 is 4.74 Å². The van der Waals surface area contributed by atoms with E-state index in [2.05, 4.69) is 76.0 Å². The lowest BCUT2D eigenvalue weighted by molar-refractivity contribution is 0.414. The number of thioether (sulfide) groups is 1. The van der Waals surface area contributed by atoms with Crippen LogP contribution in [0.4, 0.5) is 0 Å². The van der Waals surface area contributed by atoms with Crippen LogP contribution in [-0.4, -0.2) is 22.4 Å². The molecular formula is C24H30N2O2S2. The number of ether oxygens (including phenoxy) is 1. The molecule has 0 amide bonds. The zero-order valence-electron chi connectivity index (χ0n) is 18.7. The first-order chi connectivity index (χ1) is 14.0. The molecule has 6 heteroatoms. The first-order valence-electron chi connectivity index (χ1n) is 9.96. The van der Waals surface area contributed by atoms with E-state index >= 15 is 0 Å².